The Bertz CT molecular complexity index is 1740. The van der Waals surface area contributed by atoms with Gasteiger partial charge in [-0.15, -0.1) is 0 Å². The van der Waals surface area contributed by atoms with Crippen molar-refractivity contribution < 1.29 is 50.9 Å². The molecule has 0 aliphatic carbocycles. The second kappa shape index (κ2) is 11.7. The first-order valence-electron chi connectivity index (χ1n) is 11.5. The molecule has 16 heteroatoms. The zero-order chi connectivity index (χ0) is 29.9. The number of fused-ring (bicyclic) bond motifs is 1. The van der Waals surface area contributed by atoms with E-state index >= 15 is 0 Å². The van der Waals surface area contributed by atoms with E-state index in [0.717, 1.165) is 33.9 Å². The van der Waals surface area contributed by atoms with E-state index < -0.39 is 51.8 Å². The molecule has 2 aromatic heterocycles. The van der Waals surface area contributed by atoms with E-state index in [1.165, 1.54) is 25.3 Å². The van der Waals surface area contributed by atoms with E-state index in [0.29, 0.717) is 16.8 Å². The lowest BCUT2D eigenvalue weighted by atomic mass is 10.2. The van der Waals surface area contributed by atoms with Gasteiger partial charge in [-0.1, -0.05) is 23.9 Å². The molecule has 0 bridgehead atoms. The average molecular weight is 612 g/mol. The maximum absolute atomic E-state index is 13.8. The molecule has 0 aliphatic rings. The highest BCUT2D eigenvalue weighted by Gasteiger charge is 2.29. The molecule has 216 valence electrons. The van der Waals surface area contributed by atoms with Crippen LogP contribution >= 0.6 is 11.8 Å². The number of ether oxygens (including phenoxy) is 2. The number of nitrogens with zero attached hydrogens (tertiary/aromatic N) is 3. The normalized spacial score (nSPS) is 11.9. The summed E-state index contributed by atoms with van der Waals surface area (Å²) in [5.41, 5.74) is 0.591. The van der Waals surface area contributed by atoms with Crippen molar-refractivity contribution in [1.82, 2.24) is 13.9 Å². The van der Waals surface area contributed by atoms with Gasteiger partial charge in [-0.2, -0.15) is 13.2 Å². The molecule has 0 spiro atoms. The van der Waals surface area contributed by atoms with Gasteiger partial charge in [0.05, 0.1) is 21.6 Å². The van der Waals surface area contributed by atoms with E-state index in [1.807, 2.05) is 0 Å². The summed E-state index contributed by atoms with van der Waals surface area (Å²) in [5, 5.41) is 18.4. The van der Waals surface area contributed by atoms with Crippen molar-refractivity contribution >= 4 is 44.8 Å². The van der Waals surface area contributed by atoms with Crippen LogP contribution in [0.15, 0.2) is 64.8 Å². The minimum absolute atomic E-state index is 0.0102. The number of aromatic carboxylic acids is 1. The number of rotatable bonds is 11. The third kappa shape index (κ3) is 6.71. The lowest BCUT2D eigenvalue weighted by Crippen LogP contribution is -2.19. The first-order valence-corrected chi connectivity index (χ1v) is 13.9. The molecule has 2 aromatic carbocycles. The lowest BCUT2D eigenvalue weighted by molar-refractivity contribution is -0.153. The smallest absolute Gasteiger partial charge is 0.422 e. The van der Waals surface area contributed by atoms with Gasteiger partial charge in [0.2, 0.25) is 0 Å². The highest BCUT2D eigenvalue weighted by atomic mass is 32.2. The molecule has 0 saturated heterocycles. The first-order chi connectivity index (χ1) is 19.3. The number of pyridine rings is 1. The Morgan fingerprint density at radius 3 is 2.46 bits per heavy atom. The van der Waals surface area contributed by atoms with Crippen molar-refractivity contribution in [2.45, 2.75) is 28.9 Å². The monoisotopic (exact) mass is 611 g/mol. The van der Waals surface area contributed by atoms with Gasteiger partial charge in [0.25, 0.3) is 10.0 Å². The molecule has 2 N–H and O–H groups in total. The van der Waals surface area contributed by atoms with Gasteiger partial charge in [0, 0.05) is 17.5 Å². The number of carboxylic acids is 2. The van der Waals surface area contributed by atoms with E-state index in [4.69, 9.17) is 14.6 Å². The topological polar surface area (TPSA) is 158 Å². The quantitative estimate of drug-likeness (QED) is 0.232. The first kappa shape index (κ1) is 29.7. The SMILES string of the molecule is Cc1c(OCC(F)(F)F)ccnc1CSc1nc2ccccc2n1S(=O)(=O)c1ccc(OCC(=O)O)c(C(=O)O)c1. The molecule has 0 aliphatic heterocycles. The van der Waals surface area contributed by atoms with Crippen molar-refractivity contribution in [2.75, 3.05) is 13.2 Å². The summed E-state index contributed by atoms with van der Waals surface area (Å²) in [4.78, 5) is 30.8. The van der Waals surface area contributed by atoms with Crippen LogP contribution in [0.4, 0.5) is 13.2 Å². The number of para-hydroxylation sites is 2. The Morgan fingerprint density at radius 1 is 1.05 bits per heavy atom. The number of thioether (sulfide) groups is 1. The minimum Gasteiger partial charge on any atom is -0.484 e. The number of carbonyl (C=O) groups is 2. The van der Waals surface area contributed by atoms with E-state index in [-0.39, 0.29) is 27.9 Å². The fourth-order valence-electron chi connectivity index (χ4n) is 3.67. The highest BCUT2D eigenvalue weighted by molar-refractivity contribution is 7.99. The predicted octanol–water partition coefficient (Wildman–Crippen LogP) is 4.37. The molecule has 0 amide bonds. The van der Waals surface area contributed by atoms with Crippen molar-refractivity contribution in [2.24, 2.45) is 0 Å². The van der Waals surface area contributed by atoms with Gasteiger partial charge in [-0.05, 0) is 43.3 Å². The minimum atomic E-state index is -4.54. The molecule has 0 atom stereocenters. The standard InChI is InChI=1S/C25H20F3N3O8S2/c1-14-18(29-9-8-20(14)39-13-25(26,27)28)12-40-24-30-17-4-2-3-5-19(17)31(24)41(36,37)15-6-7-21(38-11-22(32)33)16(10-15)23(34)35/h2-10H,11-13H2,1H3,(H,32,33)(H,34,35). The molecule has 0 unspecified atom stereocenters. The van der Waals surface area contributed by atoms with Crippen LogP contribution in [-0.2, 0) is 20.6 Å². The molecule has 0 fully saturated rings. The maximum Gasteiger partial charge on any atom is 0.422 e. The van der Waals surface area contributed by atoms with Crippen LogP contribution in [0.25, 0.3) is 11.0 Å². The van der Waals surface area contributed by atoms with Gasteiger partial charge in [0.15, 0.2) is 18.4 Å². The number of aromatic nitrogens is 3. The number of carboxylic acid groups (broad SMARTS) is 2. The number of hydrogen-bond donors (Lipinski definition) is 2. The Morgan fingerprint density at radius 2 is 1.78 bits per heavy atom. The predicted molar refractivity (Wildman–Crippen MR) is 139 cm³/mol. The second-order valence-electron chi connectivity index (χ2n) is 8.37. The summed E-state index contributed by atoms with van der Waals surface area (Å²) in [6.07, 6.45) is -3.26. The molecule has 11 nitrogen and oxygen atoms in total. The second-order valence-corrected chi connectivity index (χ2v) is 11.1. The summed E-state index contributed by atoms with van der Waals surface area (Å²) in [6.45, 7) is -0.804. The summed E-state index contributed by atoms with van der Waals surface area (Å²) in [5.74, 6) is -3.25. The maximum atomic E-state index is 13.8. The molecular formula is C25H20F3N3O8S2. The van der Waals surface area contributed by atoms with Crippen molar-refractivity contribution in [3.05, 3.63) is 71.5 Å². The fourth-order valence-corrected chi connectivity index (χ4v) is 6.43. The molecule has 2 heterocycles. The van der Waals surface area contributed by atoms with Gasteiger partial charge in [0.1, 0.15) is 17.1 Å². The lowest BCUT2D eigenvalue weighted by Gasteiger charge is -2.14. The van der Waals surface area contributed by atoms with Crippen LogP contribution in [-0.4, -0.2) is 63.9 Å². The Labute approximate surface area is 234 Å². The highest BCUT2D eigenvalue weighted by Crippen LogP contribution is 2.33. The van der Waals surface area contributed by atoms with Gasteiger partial charge < -0.3 is 19.7 Å². The van der Waals surface area contributed by atoms with E-state index in [2.05, 4.69) is 9.97 Å². The van der Waals surface area contributed by atoms with Crippen LogP contribution in [0.5, 0.6) is 11.5 Å². The molecule has 41 heavy (non-hydrogen) atoms. The van der Waals surface area contributed by atoms with Crippen LogP contribution in [0.2, 0.25) is 0 Å². The van der Waals surface area contributed by atoms with Crippen molar-refractivity contribution in [1.29, 1.82) is 0 Å². The number of aliphatic carboxylic acids is 1. The van der Waals surface area contributed by atoms with Crippen LogP contribution in [0.1, 0.15) is 21.6 Å². The van der Waals surface area contributed by atoms with Crippen molar-refractivity contribution in [3.8, 4) is 11.5 Å². The number of imidazole rings is 1. The zero-order valence-electron chi connectivity index (χ0n) is 21.0. The van der Waals surface area contributed by atoms with Crippen LogP contribution < -0.4 is 9.47 Å². The van der Waals surface area contributed by atoms with Crippen molar-refractivity contribution in [3.63, 3.8) is 0 Å². The Hall–Kier alpha value is -4.31. The average Bonchev–Trinajstić information content (AvgIpc) is 3.29. The largest absolute Gasteiger partial charge is 0.484 e. The summed E-state index contributed by atoms with van der Waals surface area (Å²) in [6, 6.07) is 10.6. The molecule has 0 saturated carbocycles. The third-order valence-electron chi connectivity index (χ3n) is 5.55. The van der Waals surface area contributed by atoms with Crippen LogP contribution in [0, 0.1) is 6.92 Å². The number of halogens is 3. The summed E-state index contributed by atoms with van der Waals surface area (Å²) in [7, 11) is -4.48. The molecule has 4 aromatic rings. The Balaban J connectivity index is 1.72. The molecular weight excluding hydrogens is 591 g/mol. The molecule has 0 radical (unpaired) electrons. The Kier molecular flexibility index (Phi) is 8.44. The van der Waals surface area contributed by atoms with Gasteiger partial charge >= 0.3 is 18.1 Å². The van der Waals surface area contributed by atoms with E-state index in [1.54, 1.807) is 18.2 Å². The van der Waals surface area contributed by atoms with E-state index in [9.17, 15) is 36.3 Å². The van der Waals surface area contributed by atoms with Gasteiger partial charge in [-0.3, -0.25) is 4.98 Å². The number of hydrogen-bond acceptors (Lipinski definition) is 9. The molecule has 4 rings (SSSR count). The zero-order valence-corrected chi connectivity index (χ0v) is 22.6. The summed E-state index contributed by atoms with van der Waals surface area (Å²) < 4.78 is 76.3. The van der Waals surface area contributed by atoms with Crippen LogP contribution in [0.3, 0.4) is 0 Å². The number of benzene rings is 2. The number of alkyl halides is 3. The van der Waals surface area contributed by atoms with Gasteiger partial charge in [-0.25, -0.2) is 27.0 Å². The summed E-state index contributed by atoms with van der Waals surface area (Å²) >= 11 is 0.945. The third-order valence-corrected chi connectivity index (χ3v) is 8.31. The fraction of sp³-hybridized carbons (Fsp3) is 0.200.